The maximum absolute atomic E-state index is 8.66. The molecule has 1 N–H and O–H groups in total. The Morgan fingerprint density at radius 1 is 1.25 bits per heavy atom. The van der Waals surface area contributed by atoms with Crippen molar-refractivity contribution in [1.29, 1.82) is 10.5 Å². The molecule has 2 rings (SSSR count). The first-order valence-corrected chi connectivity index (χ1v) is 6.88. The number of nitrogens with zero attached hydrogens (tertiary/aromatic N) is 3. The maximum Gasteiger partial charge on any atom is 0.145 e. The number of allylic oxidation sites excluding steroid dienone is 1. The average molecular weight is 266 g/mol. The lowest BCUT2D eigenvalue weighted by Crippen LogP contribution is -2.37. The molecule has 1 aromatic carbocycles. The fourth-order valence-corrected chi connectivity index (χ4v) is 2.48. The van der Waals surface area contributed by atoms with Crippen molar-refractivity contribution in [1.82, 2.24) is 0 Å². The van der Waals surface area contributed by atoms with E-state index in [2.05, 4.69) is 29.3 Å². The third kappa shape index (κ3) is 3.30. The van der Waals surface area contributed by atoms with E-state index in [1.807, 2.05) is 24.3 Å². The van der Waals surface area contributed by atoms with Gasteiger partial charge in [-0.25, -0.2) is 0 Å². The number of hydrogen-bond acceptors (Lipinski definition) is 4. The fourth-order valence-electron chi connectivity index (χ4n) is 2.48. The Bertz CT molecular complexity index is 544. The predicted molar refractivity (Wildman–Crippen MR) is 80.0 cm³/mol. The first kappa shape index (κ1) is 14.0. The molecular weight excluding hydrogens is 248 g/mol. The van der Waals surface area contributed by atoms with E-state index in [1.54, 1.807) is 0 Å². The second kappa shape index (κ2) is 6.63. The zero-order valence-electron chi connectivity index (χ0n) is 11.6. The Hall–Kier alpha value is -2.46. The van der Waals surface area contributed by atoms with Crippen LogP contribution in [0.5, 0.6) is 0 Å². The smallest absolute Gasteiger partial charge is 0.145 e. The lowest BCUT2D eigenvalue weighted by Gasteiger charge is -2.35. The summed E-state index contributed by atoms with van der Waals surface area (Å²) in [6, 6.07) is 12.3. The normalized spacial score (nSPS) is 17.8. The highest BCUT2D eigenvalue weighted by molar-refractivity contribution is 5.57. The van der Waals surface area contributed by atoms with Crippen molar-refractivity contribution < 1.29 is 0 Å². The topological polar surface area (TPSA) is 62.9 Å². The van der Waals surface area contributed by atoms with Gasteiger partial charge in [0.2, 0.25) is 0 Å². The number of rotatable bonds is 3. The number of benzene rings is 1. The molecule has 1 heterocycles. The molecule has 1 aromatic rings. The quantitative estimate of drug-likeness (QED) is 0.852. The molecule has 1 aliphatic heterocycles. The molecular formula is C16H18N4. The molecule has 0 aromatic heterocycles. The van der Waals surface area contributed by atoms with E-state index < -0.39 is 0 Å². The summed E-state index contributed by atoms with van der Waals surface area (Å²) in [7, 11) is 0. The molecule has 0 spiro atoms. The number of nitriles is 2. The summed E-state index contributed by atoms with van der Waals surface area (Å²) < 4.78 is 0. The van der Waals surface area contributed by atoms with Crippen LogP contribution in [0.1, 0.15) is 26.2 Å². The Labute approximate surface area is 119 Å². The van der Waals surface area contributed by atoms with Crippen molar-refractivity contribution in [3.05, 3.63) is 36.0 Å². The van der Waals surface area contributed by atoms with Crippen LogP contribution in [-0.4, -0.2) is 12.6 Å². The molecule has 1 saturated heterocycles. The summed E-state index contributed by atoms with van der Waals surface area (Å²) in [5, 5.41) is 20.3. The van der Waals surface area contributed by atoms with E-state index in [0.29, 0.717) is 6.04 Å². The molecule has 0 aliphatic carbocycles. The lowest BCUT2D eigenvalue weighted by molar-refractivity contribution is 0.485. The van der Waals surface area contributed by atoms with Crippen molar-refractivity contribution in [2.75, 3.05) is 16.8 Å². The molecule has 1 aliphatic rings. The van der Waals surface area contributed by atoms with Gasteiger partial charge in [0.1, 0.15) is 17.7 Å². The van der Waals surface area contributed by atoms with Crippen LogP contribution in [0.4, 0.5) is 11.4 Å². The SMILES string of the molecule is CC1CCCCN1c1ccc(NC=C(C#N)C#N)cc1. The van der Waals surface area contributed by atoms with Crippen molar-refractivity contribution in [3.63, 3.8) is 0 Å². The number of piperidine rings is 1. The van der Waals surface area contributed by atoms with Crippen LogP contribution >= 0.6 is 0 Å². The van der Waals surface area contributed by atoms with Crippen LogP contribution in [0.2, 0.25) is 0 Å². The van der Waals surface area contributed by atoms with E-state index in [9.17, 15) is 0 Å². The zero-order valence-corrected chi connectivity index (χ0v) is 11.6. The molecule has 4 heteroatoms. The summed E-state index contributed by atoms with van der Waals surface area (Å²) in [5.74, 6) is 0. The predicted octanol–water partition coefficient (Wildman–Crippen LogP) is 3.41. The average Bonchev–Trinajstić information content (AvgIpc) is 2.49. The number of nitrogens with one attached hydrogen (secondary N) is 1. The number of hydrogen-bond donors (Lipinski definition) is 1. The van der Waals surface area contributed by atoms with Crippen LogP contribution in [0, 0.1) is 22.7 Å². The Kier molecular flexibility index (Phi) is 4.63. The standard InChI is InChI=1S/C16H18N4/c1-13-4-2-3-9-20(13)16-7-5-15(6-8-16)19-12-14(10-17)11-18/h5-8,12-13,19H,2-4,9H2,1H3. The van der Waals surface area contributed by atoms with Crippen LogP contribution in [-0.2, 0) is 0 Å². The second-order valence-electron chi connectivity index (χ2n) is 5.01. The summed E-state index contributed by atoms with van der Waals surface area (Å²) in [6.07, 6.45) is 5.24. The van der Waals surface area contributed by atoms with Gasteiger partial charge in [-0.2, -0.15) is 10.5 Å². The van der Waals surface area contributed by atoms with E-state index in [0.717, 1.165) is 12.2 Å². The van der Waals surface area contributed by atoms with Gasteiger partial charge in [-0.05, 0) is 50.5 Å². The van der Waals surface area contributed by atoms with Gasteiger partial charge >= 0.3 is 0 Å². The first-order valence-electron chi connectivity index (χ1n) is 6.88. The highest BCUT2D eigenvalue weighted by atomic mass is 15.2. The highest BCUT2D eigenvalue weighted by Gasteiger charge is 2.18. The van der Waals surface area contributed by atoms with Gasteiger partial charge in [-0.1, -0.05) is 0 Å². The first-order chi connectivity index (χ1) is 9.74. The Morgan fingerprint density at radius 3 is 2.55 bits per heavy atom. The molecule has 1 fully saturated rings. The lowest BCUT2D eigenvalue weighted by atomic mass is 10.0. The molecule has 0 saturated carbocycles. The summed E-state index contributed by atoms with van der Waals surface area (Å²) in [6.45, 7) is 3.38. The molecule has 4 nitrogen and oxygen atoms in total. The van der Waals surface area contributed by atoms with Crippen LogP contribution < -0.4 is 10.2 Å². The molecule has 1 atom stereocenters. The van der Waals surface area contributed by atoms with Gasteiger partial charge in [0.05, 0.1) is 0 Å². The number of anilines is 2. The monoisotopic (exact) mass is 266 g/mol. The summed E-state index contributed by atoms with van der Waals surface area (Å²) >= 11 is 0. The Balaban J connectivity index is 2.05. The van der Waals surface area contributed by atoms with E-state index in [-0.39, 0.29) is 5.57 Å². The third-order valence-electron chi connectivity index (χ3n) is 3.63. The Morgan fingerprint density at radius 2 is 1.95 bits per heavy atom. The zero-order chi connectivity index (χ0) is 14.4. The molecule has 102 valence electrons. The highest BCUT2D eigenvalue weighted by Crippen LogP contribution is 2.25. The van der Waals surface area contributed by atoms with Crippen LogP contribution in [0.15, 0.2) is 36.0 Å². The van der Waals surface area contributed by atoms with Crippen molar-refractivity contribution in [2.24, 2.45) is 0 Å². The molecule has 0 bridgehead atoms. The second-order valence-corrected chi connectivity index (χ2v) is 5.01. The van der Waals surface area contributed by atoms with E-state index in [4.69, 9.17) is 10.5 Å². The fraction of sp³-hybridized carbons (Fsp3) is 0.375. The van der Waals surface area contributed by atoms with Gasteiger partial charge in [-0.15, -0.1) is 0 Å². The largest absolute Gasteiger partial charge is 0.369 e. The van der Waals surface area contributed by atoms with Gasteiger partial charge in [0, 0.05) is 30.2 Å². The third-order valence-corrected chi connectivity index (χ3v) is 3.63. The molecule has 0 amide bonds. The summed E-state index contributed by atoms with van der Waals surface area (Å²) in [5.41, 5.74) is 2.17. The van der Waals surface area contributed by atoms with Gasteiger partial charge < -0.3 is 10.2 Å². The van der Waals surface area contributed by atoms with Crippen LogP contribution in [0.25, 0.3) is 0 Å². The van der Waals surface area contributed by atoms with E-state index >= 15 is 0 Å². The van der Waals surface area contributed by atoms with Crippen molar-refractivity contribution >= 4 is 11.4 Å². The summed E-state index contributed by atoms with van der Waals surface area (Å²) in [4.78, 5) is 2.43. The molecule has 1 unspecified atom stereocenters. The maximum atomic E-state index is 8.66. The molecule has 0 radical (unpaired) electrons. The minimum atomic E-state index is 0.0683. The van der Waals surface area contributed by atoms with Gasteiger partial charge in [0.25, 0.3) is 0 Å². The molecule has 20 heavy (non-hydrogen) atoms. The minimum absolute atomic E-state index is 0.0683. The minimum Gasteiger partial charge on any atom is -0.369 e. The van der Waals surface area contributed by atoms with Gasteiger partial charge in [0.15, 0.2) is 0 Å². The van der Waals surface area contributed by atoms with Gasteiger partial charge in [-0.3, -0.25) is 0 Å². The van der Waals surface area contributed by atoms with Crippen molar-refractivity contribution in [3.8, 4) is 12.1 Å². The van der Waals surface area contributed by atoms with Crippen LogP contribution in [0.3, 0.4) is 0 Å². The van der Waals surface area contributed by atoms with E-state index in [1.165, 1.54) is 31.1 Å². The van der Waals surface area contributed by atoms with Crippen molar-refractivity contribution in [2.45, 2.75) is 32.2 Å².